The molecule has 2 aromatic rings. The Balaban J connectivity index is 2.22. The van der Waals surface area contributed by atoms with E-state index in [9.17, 15) is 29.4 Å². The number of phenols is 1. The van der Waals surface area contributed by atoms with Crippen molar-refractivity contribution in [3.8, 4) is 5.75 Å². The number of amides is 3. The Labute approximate surface area is 239 Å². The van der Waals surface area contributed by atoms with E-state index in [1.165, 1.54) is 12.1 Å². The van der Waals surface area contributed by atoms with Crippen LogP contribution in [0.15, 0.2) is 54.6 Å². The van der Waals surface area contributed by atoms with Gasteiger partial charge < -0.3 is 31.9 Å². The number of nitrogens with one attached hydrogen (secondary N) is 3. The number of aromatic hydroxyl groups is 1. The molecule has 2 aromatic carbocycles. The number of aliphatic carboxylic acids is 1. The summed E-state index contributed by atoms with van der Waals surface area (Å²) in [5.41, 5.74) is 7.44. The van der Waals surface area contributed by atoms with Crippen molar-refractivity contribution in [3.63, 3.8) is 0 Å². The van der Waals surface area contributed by atoms with Gasteiger partial charge in [-0.3, -0.25) is 14.4 Å². The maximum Gasteiger partial charge on any atom is 0.326 e. The highest BCUT2D eigenvalue weighted by Crippen LogP contribution is 2.13. The molecule has 40 heavy (non-hydrogen) atoms. The second-order valence-electron chi connectivity index (χ2n) is 10.1. The lowest BCUT2D eigenvalue weighted by molar-refractivity contribution is -0.142. The molecule has 0 heterocycles. The molecule has 0 spiro atoms. The van der Waals surface area contributed by atoms with Crippen LogP contribution in [0.25, 0.3) is 0 Å². The van der Waals surface area contributed by atoms with Crippen LogP contribution in [-0.4, -0.2) is 70.1 Å². The summed E-state index contributed by atoms with van der Waals surface area (Å²) in [4.78, 5) is 51.4. The SMILES string of the molecule is CSCCC(N)C(=O)NC(Cc1ccc(O)cc1)C(=O)NC(CC(C)C)C(=O)NC(Cc1ccccc1)C(=O)O. The number of benzene rings is 2. The van der Waals surface area contributed by atoms with Gasteiger partial charge >= 0.3 is 5.97 Å². The van der Waals surface area contributed by atoms with Gasteiger partial charge in [-0.1, -0.05) is 56.3 Å². The van der Waals surface area contributed by atoms with Crippen LogP contribution in [0.5, 0.6) is 5.75 Å². The predicted octanol–water partition coefficient (Wildman–Crippen LogP) is 1.84. The van der Waals surface area contributed by atoms with Crippen molar-refractivity contribution in [3.05, 3.63) is 65.7 Å². The van der Waals surface area contributed by atoms with Crippen molar-refractivity contribution in [2.24, 2.45) is 11.7 Å². The summed E-state index contributed by atoms with van der Waals surface area (Å²) in [6, 6.07) is 11.1. The van der Waals surface area contributed by atoms with E-state index in [0.29, 0.717) is 17.7 Å². The molecule has 0 saturated carbocycles. The zero-order chi connectivity index (χ0) is 29.7. The number of carboxylic acids is 1. The molecule has 0 saturated heterocycles. The van der Waals surface area contributed by atoms with Gasteiger partial charge in [-0.2, -0.15) is 11.8 Å². The molecular weight excluding hydrogens is 532 g/mol. The zero-order valence-electron chi connectivity index (χ0n) is 23.1. The van der Waals surface area contributed by atoms with E-state index in [4.69, 9.17) is 5.73 Å². The monoisotopic (exact) mass is 572 g/mol. The Bertz CT molecular complexity index is 1110. The van der Waals surface area contributed by atoms with Crippen molar-refractivity contribution < 1.29 is 29.4 Å². The number of rotatable bonds is 16. The molecule has 0 aliphatic carbocycles. The first-order chi connectivity index (χ1) is 19.0. The molecule has 2 rings (SSSR count). The van der Waals surface area contributed by atoms with Crippen LogP contribution in [0.4, 0.5) is 0 Å². The molecule has 10 nitrogen and oxygen atoms in total. The second kappa shape index (κ2) is 16.5. The fraction of sp³-hybridized carbons (Fsp3) is 0.448. The molecule has 3 amide bonds. The lowest BCUT2D eigenvalue weighted by Crippen LogP contribution is -2.58. The molecular formula is C29H40N4O6S. The summed E-state index contributed by atoms with van der Waals surface area (Å²) in [5.74, 6) is -2.18. The molecule has 0 radical (unpaired) electrons. The first kappa shape index (κ1) is 32.6. The molecule has 11 heteroatoms. The highest BCUT2D eigenvalue weighted by Gasteiger charge is 2.31. The van der Waals surface area contributed by atoms with Crippen molar-refractivity contribution in [2.45, 2.75) is 63.7 Å². The van der Waals surface area contributed by atoms with Crippen LogP contribution >= 0.6 is 11.8 Å². The lowest BCUT2D eigenvalue weighted by atomic mass is 9.99. The van der Waals surface area contributed by atoms with E-state index < -0.39 is 47.9 Å². The summed E-state index contributed by atoms with van der Waals surface area (Å²) in [6.07, 6.45) is 2.76. The molecule has 218 valence electrons. The van der Waals surface area contributed by atoms with Gasteiger partial charge in [-0.25, -0.2) is 4.79 Å². The fourth-order valence-electron chi connectivity index (χ4n) is 4.03. The van der Waals surface area contributed by atoms with E-state index in [1.807, 2.05) is 26.2 Å². The largest absolute Gasteiger partial charge is 0.508 e. The average Bonchev–Trinajstić information content (AvgIpc) is 2.91. The van der Waals surface area contributed by atoms with Gasteiger partial charge in [0.2, 0.25) is 17.7 Å². The van der Waals surface area contributed by atoms with Crippen molar-refractivity contribution >= 4 is 35.5 Å². The van der Waals surface area contributed by atoms with Crippen LogP contribution < -0.4 is 21.7 Å². The third-order valence-corrected chi connectivity index (χ3v) is 6.86. The first-order valence-corrected chi connectivity index (χ1v) is 14.6. The molecule has 0 fully saturated rings. The average molecular weight is 573 g/mol. The standard InChI is InChI=1S/C29H40N4O6S/c1-18(2)15-23(27(36)33-25(29(38)39)17-19-7-5-4-6-8-19)32-28(37)24(16-20-9-11-21(34)12-10-20)31-26(35)22(30)13-14-40-3/h4-12,18,22-25,34H,13-17,30H2,1-3H3,(H,31,35)(H,32,37)(H,33,36)(H,38,39). The third kappa shape index (κ3) is 11.3. The summed E-state index contributed by atoms with van der Waals surface area (Å²) in [6.45, 7) is 3.76. The number of carboxylic acid groups (broad SMARTS) is 1. The molecule has 0 aliphatic rings. The quantitative estimate of drug-likeness (QED) is 0.177. The summed E-state index contributed by atoms with van der Waals surface area (Å²) >= 11 is 1.55. The fourth-order valence-corrected chi connectivity index (χ4v) is 4.52. The molecule has 0 aromatic heterocycles. The van der Waals surface area contributed by atoms with Gasteiger partial charge in [-0.15, -0.1) is 0 Å². The van der Waals surface area contributed by atoms with Crippen LogP contribution in [0.3, 0.4) is 0 Å². The Morgan fingerprint density at radius 1 is 0.800 bits per heavy atom. The lowest BCUT2D eigenvalue weighted by Gasteiger charge is -2.26. The third-order valence-electron chi connectivity index (χ3n) is 6.22. The van der Waals surface area contributed by atoms with Crippen LogP contribution in [0.2, 0.25) is 0 Å². The van der Waals surface area contributed by atoms with Gasteiger partial charge in [0.25, 0.3) is 0 Å². The minimum absolute atomic E-state index is 0.00134. The summed E-state index contributed by atoms with van der Waals surface area (Å²) in [5, 5.41) is 27.3. The number of phenolic OH excluding ortho intramolecular Hbond substituents is 1. The van der Waals surface area contributed by atoms with Gasteiger partial charge in [0.05, 0.1) is 6.04 Å². The highest BCUT2D eigenvalue weighted by molar-refractivity contribution is 7.98. The Morgan fingerprint density at radius 3 is 1.90 bits per heavy atom. The van der Waals surface area contributed by atoms with Crippen molar-refractivity contribution in [2.75, 3.05) is 12.0 Å². The van der Waals surface area contributed by atoms with E-state index in [0.717, 1.165) is 5.56 Å². The predicted molar refractivity (Wildman–Crippen MR) is 156 cm³/mol. The maximum absolute atomic E-state index is 13.5. The number of hydrogen-bond acceptors (Lipinski definition) is 7. The summed E-state index contributed by atoms with van der Waals surface area (Å²) < 4.78 is 0. The number of hydrogen-bond donors (Lipinski definition) is 6. The molecule has 4 atom stereocenters. The molecule has 0 aliphatic heterocycles. The Kier molecular flexibility index (Phi) is 13.5. The van der Waals surface area contributed by atoms with Gasteiger partial charge in [-0.05, 0) is 54.0 Å². The normalized spacial score (nSPS) is 14.0. The van der Waals surface area contributed by atoms with Crippen LogP contribution in [0, 0.1) is 5.92 Å². The number of thioether (sulfide) groups is 1. The van der Waals surface area contributed by atoms with Crippen molar-refractivity contribution in [1.82, 2.24) is 16.0 Å². The molecule has 7 N–H and O–H groups in total. The molecule has 0 bridgehead atoms. The summed E-state index contributed by atoms with van der Waals surface area (Å²) in [7, 11) is 0. The number of carbonyl (C=O) groups is 4. The van der Waals surface area contributed by atoms with E-state index in [1.54, 1.807) is 48.2 Å². The smallest absolute Gasteiger partial charge is 0.326 e. The zero-order valence-corrected chi connectivity index (χ0v) is 23.9. The van der Waals surface area contributed by atoms with Crippen LogP contribution in [-0.2, 0) is 32.0 Å². The Morgan fingerprint density at radius 2 is 1.32 bits per heavy atom. The van der Waals surface area contributed by atoms with E-state index in [-0.39, 0.29) is 30.9 Å². The minimum Gasteiger partial charge on any atom is -0.508 e. The number of carbonyl (C=O) groups excluding carboxylic acids is 3. The van der Waals surface area contributed by atoms with Gasteiger partial charge in [0.1, 0.15) is 23.9 Å². The maximum atomic E-state index is 13.5. The first-order valence-electron chi connectivity index (χ1n) is 13.2. The van der Waals surface area contributed by atoms with Gasteiger partial charge in [0, 0.05) is 12.8 Å². The van der Waals surface area contributed by atoms with Gasteiger partial charge in [0.15, 0.2) is 0 Å². The van der Waals surface area contributed by atoms with Crippen molar-refractivity contribution in [1.29, 1.82) is 0 Å². The minimum atomic E-state index is -1.19. The van der Waals surface area contributed by atoms with E-state index >= 15 is 0 Å². The van der Waals surface area contributed by atoms with E-state index in [2.05, 4.69) is 16.0 Å². The Hall–Kier alpha value is -3.57. The topological polar surface area (TPSA) is 171 Å². The van der Waals surface area contributed by atoms with Crippen LogP contribution in [0.1, 0.15) is 37.8 Å². The second-order valence-corrected chi connectivity index (χ2v) is 11.1. The molecule has 4 unspecified atom stereocenters. The highest BCUT2D eigenvalue weighted by atomic mass is 32.2. The number of nitrogens with two attached hydrogens (primary N) is 1.